The molecule has 2 rings (SSSR count). The molecule has 3 nitrogen and oxygen atoms in total. The van der Waals surface area contributed by atoms with Gasteiger partial charge in [-0.1, -0.05) is 11.3 Å². The van der Waals surface area contributed by atoms with Crippen molar-refractivity contribution in [1.29, 1.82) is 0 Å². The van der Waals surface area contributed by atoms with E-state index in [-0.39, 0.29) is 0 Å². The van der Waals surface area contributed by atoms with Crippen LogP contribution in [-0.4, -0.2) is 18.1 Å². The normalized spacial score (nSPS) is 16.8. The Hall–Kier alpha value is -0.770. The molecule has 0 saturated heterocycles. The van der Waals surface area contributed by atoms with Crippen molar-refractivity contribution in [2.45, 2.75) is 18.9 Å². The van der Waals surface area contributed by atoms with Gasteiger partial charge in [0.25, 0.3) is 0 Å². The molecule has 0 radical (unpaired) electrons. The maximum atomic E-state index is 5.57. The fourth-order valence-electron chi connectivity index (χ4n) is 1.06. The van der Waals surface area contributed by atoms with Crippen molar-refractivity contribution in [2.75, 3.05) is 17.7 Å². The second-order valence-corrected chi connectivity index (χ2v) is 3.93. The van der Waals surface area contributed by atoms with Crippen LogP contribution in [0.4, 0.5) is 10.1 Å². The number of nitrogens with zero attached hydrogens (tertiary/aromatic N) is 2. The second-order valence-electron chi connectivity index (χ2n) is 2.89. The molecule has 1 heterocycles. The predicted octanol–water partition coefficient (Wildman–Crippen LogP) is 1.32. The van der Waals surface area contributed by atoms with Crippen LogP contribution in [0, 0.1) is 0 Å². The maximum absolute atomic E-state index is 5.57. The summed E-state index contributed by atoms with van der Waals surface area (Å²) in [7, 11) is 2.08. The molecule has 1 aromatic rings. The van der Waals surface area contributed by atoms with Crippen LogP contribution in [0.25, 0.3) is 0 Å². The molecule has 4 heteroatoms. The van der Waals surface area contributed by atoms with Crippen LogP contribution in [0.3, 0.4) is 0 Å². The van der Waals surface area contributed by atoms with Gasteiger partial charge in [0.15, 0.2) is 5.13 Å². The highest BCUT2D eigenvalue weighted by Gasteiger charge is 2.27. The van der Waals surface area contributed by atoms with E-state index < -0.39 is 0 Å². The highest BCUT2D eigenvalue weighted by Crippen LogP contribution is 2.32. The molecule has 1 aliphatic rings. The number of thiazole rings is 1. The lowest BCUT2D eigenvalue weighted by Gasteiger charge is -2.13. The van der Waals surface area contributed by atoms with Crippen LogP contribution >= 0.6 is 11.3 Å². The third-order valence-electron chi connectivity index (χ3n) is 1.91. The molecule has 0 aliphatic heterocycles. The summed E-state index contributed by atoms with van der Waals surface area (Å²) in [5, 5.41) is 1.84. The fourth-order valence-corrected chi connectivity index (χ4v) is 1.77. The Balaban J connectivity index is 2.14. The monoisotopic (exact) mass is 169 g/mol. The minimum atomic E-state index is 0.723. The number of rotatable bonds is 2. The average molecular weight is 169 g/mol. The Morgan fingerprint density at radius 1 is 1.73 bits per heavy atom. The summed E-state index contributed by atoms with van der Waals surface area (Å²) in [5.74, 6) is 0. The lowest BCUT2D eigenvalue weighted by molar-refractivity contribution is 0.909. The van der Waals surface area contributed by atoms with E-state index in [1.54, 1.807) is 17.5 Å². The van der Waals surface area contributed by atoms with Gasteiger partial charge in [-0.3, -0.25) is 0 Å². The maximum Gasteiger partial charge on any atom is 0.187 e. The van der Waals surface area contributed by atoms with Gasteiger partial charge >= 0.3 is 0 Å². The number of nitrogen functional groups attached to an aromatic ring is 1. The smallest absolute Gasteiger partial charge is 0.187 e. The van der Waals surface area contributed by atoms with E-state index in [2.05, 4.69) is 16.9 Å². The largest absolute Gasteiger partial charge is 0.389 e. The standard InChI is InChI=1S/C7H11N3S/c1-10(5-2-3-5)7-9-4-6(8)11-7/h4-5H,2-3,8H2,1H3. The van der Waals surface area contributed by atoms with Crippen molar-refractivity contribution >= 4 is 21.5 Å². The third-order valence-corrected chi connectivity index (χ3v) is 2.82. The van der Waals surface area contributed by atoms with Crippen LogP contribution < -0.4 is 10.6 Å². The second kappa shape index (κ2) is 2.37. The van der Waals surface area contributed by atoms with Gasteiger partial charge in [-0.15, -0.1) is 0 Å². The van der Waals surface area contributed by atoms with E-state index in [1.807, 2.05) is 0 Å². The van der Waals surface area contributed by atoms with Crippen molar-refractivity contribution < 1.29 is 0 Å². The fraction of sp³-hybridized carbons (Fsp3) is 0.571. The molecule has 11 heavy (non-hydrogen) atoms. The summed E-state index contributed by atoms with van der Waals surface area (Å²) >= 11 is 1.56. The molecular formula is C7H11N3S. The van der Waals surface area contributed by atoms with Crippen molar-refractivity contribution in [3.63, 3.8) is 0 Å². The van der Waals surface area contributed by atoms with Crippen LogP contribution in [0.2, 0.25) is 0 Å². The molecule has 0 aromatic carbocycles. The number of aromatic nitrogens is 1. The lowest BCUT2D eigenvalue weighted by atomic mass is 10.6. The molecule has 0 spiro atoms. The number of nitrogens with two attached hydrogens (primary N) is 1. The van der Waals surface area contributed by atoms with Gasteiger partial charge in [0.2, 0.25) is 0 Å². The van der Waals surface area contributed by atoms with E-state index in [0.717, 1.165) is 16.2 Å². The number of anilines is 2. The number of hydrogen-bond donors (Lipinski definition) is 1. The van der Waals surface area contributed by atoms with Gasteiger partial charge < -0.3 is 10.6 Å². The van der Waals surface area contributed by atoms with E-state index >= 15 is 0 Å². The Bertz CT molecular complexity index is 254. The van der Waals surface area contributed by atoms with E-state index in [4.69, 9.17) is 5.73 Å². The van der Waals surface area contributed by atoms with Gasteiger partial charge in [-0.25, -0.2) is 4.98 Å². The van der Waals surface area contributed by atoms with Gasteiger partial charge in [0.05, 0.1) is 6.20 Å². The molecule has 0 unspecified atom stereocenters. The molecule has 1 fully saturated rings. The molecule has 1 aromatic heterocycles. The zero-order valence-corrected chi connectivity index (χ0v) is 7.27. The molecule has 60 valence electrons. The minimum absolute atomic E-state index is 0.723. The third kappa shape index (κ3) is 1.30. The molecule has 1 saturated carbocycles. The van der Waals surface area contributed by atoms with Crippen molar-refractivity contribution in [1.82, 2.24) is 4.98 Å². The van der Waals surface area contributed by atoms with Crippen molar-refractivity contribution in [3.8, 4) is 0 Å². The highest BCUT2D eigenvalue weighted by molar-refractivity contribution is 7.19. The summed E-state index contributed by atoms with van der Waals surface area (Å²) in [6.07, 6.45) is 4.32. The molecule has 0 bridgehead atoms. The average Bonchev–Trinajstić information content (AvgIpc) is 2.74. The van der Waals surface area contributed by atoms with Crippen LogP contribution in [0.15, 0.2) is 6.20 Å². The molecule has 0 atom stereocenters. The van der Waals surface area contributed by atoms with Crippen molar-refractivity contribution in [3.05, 3.63) is 6.20 Å². The quantitative estimate of drug-likeness (QED) is 0.726. The molecule has 1 aliphatic carbocycles. The zero-order chi connectivity index (χ0) is 7.84. The van der Waals surface area contributed by atoms with E-state index in [1.165, 1.54) is 12.8 Å². The minimum Gasteiger partial charge on any atom is -0.389 e. The first kappa shape index (κ1) is 6.91. The van der Waals surface area contributed by atoms with Crippen LogP contribution in [0.1, 0.15) is 12.8 Å². The molecule has 0 amide bonds. The first-order valence-electron chi connectivity index (χ1n) is 3.71. The molecule has 2 N–H and O–H groups in total. The first-order valence-corrected chi connectivity index (χ1v) is 4.53. The Morgan fingerprint density at radius 2 is 2.45 bits per heavy atom. The SMILES string of the molecule is CN(c1ncc(N)s1)C1CC1. The van der Waals surface area contributed by atoms with E-state index in [9.17, 15) is 0 Å². The summed E-state index contributed by atoms with van der Waals surface area (Å²) in [4.78, 5) is 6.41. The summed E-state index contributed by atoms with van der Waals surface area (Å²) in [6, 6.07) is 0.723. The first-order chi connectivity index (χ1) is 5.27. The van der Waals surface area contributed by atoms with Crippen LogP contribution in [-0.2, 0) is 0 Å². The molecular weight excluding hydrogens is 158 g/mol. The topological polar surface area (TPSA) is 42.2 Å². The summed E-state index contributed by atoms with van der Waals surface area (Å²) < 4.78 is 0. The van der Waals surface area contributed by atoms with Gasteiger partial charge in [0.1, 0.15) is 5.00 Å². The van der Waals surface area contributed by atoms with Crippen molar-refractivity contribution in [2.24, 2.45) is 0 Å². The number of hydrogen-bond acceptors (Lipinski definition) is 4. The zero-order valence-electron chi connectivity index (χ0n) is 6.45. The van der Waals surface area contributed by atoms with Crippen LogP contribution in [0.5, 0.6) is 0 Å². The van der Waals surface area contributed by atoms with Gasteiger partial charge in [-0.2, -0.15) is 0 Å². The Morgan fingerprint density at radius 3 is 2.91 bits per heavy atom. The lowest BCUT2D eigenvalue weighted by Crippen LogP contribution is -2.18. The summed E-state index contributed by atoms with van der Waals surface area (Å²) in [6.45, 7) is 0. The Labute approximate surface area is 69.8 Å². The van der Waals surface area contributed by atoms with Gasteiger partial charge in [-0.05, 0) is 12.8 Å². The highest BCUT2D eigenvalue weighted by atomic mass is 32.1. The van der Waals surface area contributed by atoms with E-state index in [0.29, 0.717) is 0 Å². The van der Waals surface area contributed by atoms with Gasteiger partial charge in [0, 0.05) is 13.1 Å². The Kier molecular flexibility index (Phi) is 1.49. The summed E-state index contributed by atoms with van der Waals surface area (Å²) in [5.41, 5.74) is 5.57. The predicted molar refractivity (Wildman–Crippen MR) is 48.0 cm³/mol.